The molecule has 1 saturated heterocycles. The van der Waals surface area contributed by atoms with E-state index in [1.807, 2.05) is 37.7 Å². The number of thiazole rings is 1. The summed E-state index contributed by atoms with van der Waals surface area (Å²) in [6, 6.07) is 5.70. The monoisotopic (exact) mass is 385 g/mol. The number of fused-ring (bicyclic) bond motifs is 1. The number of morpholine rings is 1. The first kappa shape index (κ1) is 17.9. The number of imidazole rings is 1. The molecule has 142 valence electrons. The summed E-state index contributed by atoms with van der Waals surface area (Å²) in [6.45, 7) is 5.70. The second kappa shape index (κ2) is 7.66. The third kappa shape index (κ3) is 3.68. The Morgan fingerprint density at radius 3 is 2.89 bits per heavy atom. The van der Waals surface area contributed by atoms with Crippen LogP contribution in [0.1, 0.15) is 20.9 Å². The van der Waals surface area contributed by atoms with Gasteiger partial charge < -0.3 is 19.5 Å². The predicted molar refractivity (Wildman–Crippen MR) is 107 cm³/mol. The van der Waals surface area contributed by atoms with Gasteiger partial charge >= 0.3 is 0 Å². The zero-order valence-corrected chi connectivity index (χ0v) is 16.4. The van der Waals surface area contributed by atoms with Crippen LogP contribution in [0.5, 0.6) is 0 Å². The highest BCUT2D eigenvalue weighted by Crippen LogP contribution is 2.23. The second-order valence-corrected chi connectivity index (χ2v) is 7.58. The summed E-state index contributed by atoms with van der Waals surface area (Å²) >= 11 is 1.63. The van der Waals surface area contributed by atoms with Gasteiger partial charge in [0.1, 0.15) is 0 Å². The van der Waals surface area contributed by atoms with Gasteiger partial charge in [0, 0.05) is 43.5 Å². The number of aromatic nitrogens is 3. The van der Waals surface area contributed by atoms with Gasteiger partial charge in [-0.25, -0.2) is 9.97 Å². The molecule has 0 unspecified atom stereocenters. The molecule has 0 radical (unpaired) electrons. The molecule has 3 aromatic rings. The van der Waals surface area contributed by atoms with E-state index in [0.717, 1.165) is 55.4 Å². The molecule has 0 saturated carbocycles. The molecule has 2 aromatic heterocycles. The molecule has 0 atom stereocenters. The third-order valence-electron chi connectivity index (χ3n) is 4.90. The van der Waals surface area contributed by atoms with Gasteiger partial charge in [0.05, 0.1) is 35.5 Å². The van der Waals surface area contributed by atoms with E-state index >= 15 is 0 Å². The average Bonchev–Trinajstić information content (AvgIpc) is 3.25. The number of rotatable bonds is 5. The van der Waals surface area contributed by atoms with E-state index in [0.29, 0.717) is 12.1 Å². The van der Waals surface area contributed by atoms with Crippen LogP contribution in [0.15, 0.2) is 23.7 Å². The molecule has 1 fully saturated rings. The average molecular weight is 385 g/mol. The summed E-state index contributed by atoms with van der Waals surface area (Å²) in [4.78, 5) is 24.9. The predicted octanol–water partition coefficient (Wildman–Crippen LogP) is 2.15. The Morgan fingerprint density at radius 2 is 2.15 bits per heavy atom. The lowest BCUT2D eigenvalue weighted by atomic mass is 10.2. The number of nitrogens with one attached hydrogen (secondary N) is 1. The minimum Gasteiger partial charge on any atom is -0.378 e. The van der Waals surface area contributed by atoms with E-state index in [2.05, 4.69) is 19.8 Å². The van der Waals surface area contributed by atoms with E-state index in [4.69, 9.17) is 9.72 Å². The van der Waals surface area contributed by atoms with Crippen LogP contribution >= 0.6 is 11.3 Å². The fraction of sp³-hybridized carbons (Fsp3) is 0.421. The minimum atomic E-state index is -0.0716. The van der Waals surface area contributed by atoms with Gasteiger partial charge in [-0.2, -0.15) is 0 Å². The van der Waals surface area contributed by atoms with Crippen molar-refractivity contribution in [2.24, 2.45) is 7.05 Å². The first-order chi connectivity index (χ1) is 13.1. The van der Waals surface area contributed by atoms with E-state index < -0.39 is 0 Å². The van der Waals surface area contributed by atoms with Crippen LogP contribution in [0.3, 0.4) is 0 Å². The van der Waals surface area contributed by atoms with Crippen molar-refractivity contribution in [3.05, 3.63) is 39.8 Å². The lowest BCUT2D eigenvalue weighted by Gasteiger charge is -2.27. The van der Waals surface area contributed by atoms with Gasteiger partial charge in [0.25, 0.3) is 5.91 Å². The lowest BCUT2D eigenvalue weighted by molar-refractivity contribution is 0.0954. The number of hydrogen-bond acceptors (Lipinski definition) is 6. The Labute approximate surface area is 162 Å². The SMILES string of the molecule is Cc1ncsc1CCNC(=O)c1ccc2c(c1)nc(N1CCOCC1)n2C. The van der Waals surface area contributed by atoms with Crippen LogP contribution in [-0.4, -0.2) is 53.3 Å². The number of amides is 1. The van der Waals surface area contributed by atoms with Gasteiger partial charge in [0.2, 0.25) is 5.95 Å². The summed E-state index contributed by atoms with van der Waals surface area (Å²) in [5.74, 6) is 0.851. The maximum absolute atomic E-state index is 12.5. The number of carbonyl (C=O) groups is 1. The summed E-state index contributed by atoms with van der Waals surface area (Å²) in [6.07, 6.45) is 0.801. The largest absolute Gasteiger partial charge is 0.378 e. The van der Waals surface area contributed by atoms with Crippen molar-refractivity contribution in [3.8, 4) is 0 Å². The Kier molecular flexibility index (Phi) is 5.09. The summed E-state index contributed by atoms with van der Waals surface area (Å²) in [7, 11) is 2.01. The Balaban J connectivity index is 1.47. The topological polar surface area (TPSA) is 72.3 Å². The molecule has 0 spiro atoms. The third-order valence-corrected chi connectivity index (χ3v) is 5.89. The standard InChI is InChI=1S/C19H23N5O2S/c1-13-17(27-12-21-13)5-6-20-18(25)14-3-4-16-15(11-14)22-19(23(16)2)24-7-9-26-10-8-24/h3-4,11-12H,5-10H2,1-2H3,(H,20,25). The molecular formula is C19H23N5O2S. The van der Waals surface area contributed by atoms with Crippen LogP contribution in [0.2, 0.25) is 0 Å². The fourth-order valence-corrected chi connectivity index (χ4v) is 4.11. The van der Waals surface area contributed by atoms with Crippen molar-refractivity contribution in [1.82, 2.24) is 19.9 Å². The van der Waals surface area contributed by atoms with Crippen LogP contribution < -0.4 is 10.2 Å². The number of benzene rings is 1. The summed E-state index contributed by atoms with van der Waals surface area (Å²) in [5.41, 5.74) is 5.38. The molecule has 4 rings (SSSR count). The number of nitrogens with zero attached hydrogens (tertiary/aromatic N) is 4. The molecule has 1 amide bonds. The number of ether oxygens (including phenoxy) is 1. The lowest BCUT2D eigenvalue weighted by Crippen LogP contribution is -2.37. The zero-order chi connectivity index (χ0) is 18.8. The Hall–Kier alpha value is -2.45. The minimum absolute atomic E-state index is 0.0716. The quantitative estimate of drug-likeness (QED) is 0.729. The molecule has 3 heterocycles. The molecule has 27 heavy (non-hydrogen) atoms. The maximum atomic E-state index is 12.5. The second-order valence-electron chi connectivity index (χ2n) is 6.64. The van der Waals surface area contributed by atoms with E-state index in [-0.39, 0.29) is 5.91 Å². The van der Waals surface area contributed by atoms with Gasteiger partial charge in [-0.1, -0.05) is 0 Å². The summed E-state index contributed by atoms with van der Waals surface area (Å²) < 4.78 is 7.50. The Morgan fingerprint density at radius 1 is 1.33 bits per heavy atom. The molecule has 1 aliphatic rings. The molecular weight excluding hydrogens is 362 g/mol. The van der Waals surface area contributed by atoms with E-state index in [1.54, 1.807) is 11.3 Å². The highest BCUT2D eigenvalue weighted by molar-refractivity contribution is 7.09. The molecule has 0 aliphatic carbocycles. The first-order valence-electron chi connectivity index (χ1n) is 9.10. The van der Waals surface area contributed by atoms with Crippen molar-refractivity contribution in [3.63, 3.8) is 0 Å². The smallest absolute Gasteiger partial charge is 0.251 e. The summed E-state index contributed by atoms with van der Waals surface area (Å²) in [5, 5.41) is 2.99. The van der Waals surface area contributed by atoms with Gasteiger partial charge in [-0.15, -0.1) is 11.3 Å². The van der Waals surface area contributed by atoms with Crippen molar-refractivity contribution in [1.29, 1.82) is 0 Å². The van der Waals surface area contributed by atoms with Crippen LogP contribution in [0.25, 0.3) is 11.0 Å². The number of anilines is 1. The normalized spacial score (nSPS) is 14.7. The van der Waals surface area contributed by atoms with Gasteiger partial charge in [-0.05, 0) is 25.1 Å². The highest BCUT2D eigenvalue weighted by Gasteiger charge is 2.18. The highest BCUT2D eigenvalue weighted by atomic mass is 32.1. The van der Waals surface area contributed by atoms with Crippen molar-refractivity contribution in [2.75, 3.05) is 37.7 Å². The molecule has 7 nitrogen and oxygen atoms in total. The molecule has 1 aromatic carbocycles. The number of carbonyl (C=O) groups excluding carboxylic acids is 1. The van der Waals surface area contributed by atoms with Gasteiger partial charge in [0.15, 0.2) is 0 Å². The van der Waals surface area contributed by atoms with Crippen molar-refractivity contribution < 1.29 is 9.53 Å². The van der Waals surface area contributed by atoms with Crippen LogP contribution in [0, 0.1) is 6.92 Å². The van der Waals surface area contributed by atoms with Crippen LogP contribution in [-0.2, 0) is 18.2 Å². The van der Waals surface area contributed by atoms with Crippen molar-refractivity contribution >= 4 is 34.2 Å². The zero-order valence-electron chi connectivity index (χ0n) is 15.6. The fourth-order valence-electron chi connectivity index (χ4n) is 3.33. The van der Waals surface area contributed by atoms with Crippen molar-refractivity contribution in [2.45, 2.75) is 13.3 Å². The van der Waals surface area contributed by atoms with Gasteiger partial charge in [-0.3, -0.25) is 4.79 Å². The number of hydrogen-bond donors (Lipinski definition) is 1. The van der Waals surface area contributed by atoms with E-state index in [9.17, 15) is 4.79 Å². The maximum Gasteiger partial charge on any atom is 0.251 e. The number of aryl methyl sites for hydroxylation is 2. The molecule has 0 bridgehead atoms. The first-order valence-corrected chi connectivity index (χ1v) is 9.98. The molecule has 8 heteroatoms. The van der Waals surface area contributed by atoms with E-state index in [1.165, 1.54) is 4.88 Å². The molecule has 1 aliphatic heterocycles. The Bertz CT molecular complexity index is 958. The van der Waals surface area contributed by atoms with Crippen LogP contribution in [0.4, 0.5) is 5.95 Å². The molecule has 1 N–H and O–H groups in total.